The maximum absolute atomic E-state index is 14.7. The number of nitrogens with two attached hydrogens (primary N) is 1. The van der Waals surface area contributed by atoms with Crippen LogP contribution in [-0.4, -0.2) is 47.9 Å². The smallest absolute Gasteiger partial charge is 0.314 e. The van der Waals surface area contributed by atoms with Crippen LogP contribution in [0.15, 0.2) is 48.5 Å². The van der Waals surface area contributed by atoms with Gasteiger partial charge in [0.1, 0.15) is 18.2 Å². The number of carbonyl (C=O) groups excluding carboxylic acids is 2. The van der Waals surface area contributed by atoms with Crippen LogP contribution in [0.4, 0.5) is 9.18 Å². The lowest BCUT2D eigenvalue weighted by Crippen LogP contribution is -2.39. The third-order valence-electron chi connectivity index (χ3n) is 5.18. The maximum atomic E-state index is 14.7. The molecule has 3 aromatic rings. The van der Waals surface area contributed by atoms with Gasteiger partial charge in [-0.15, -0.1) is 11.3 Å². The van der Waals surface area contributed by atoms with Gasteiger partial charge in [0.15, 0.2) is 0 Å². The molecule has 6 nitrogen and oxygen atoms in total. The summed E-state index contributed by atoms with van der Waals surface area (Å²) in [5, 5.41) is 0.426. The summed E-state index contributed by atoms with van der Waals surface area (Å²) in [5.41, 5.74) is 5.94. The molecule has 1 fully saturated rings. The molecular formula is C22H22FN3O3S. The molecule has 2 aromatic carbocycles. The van der Waals surface area contributed by atoms with Gasteiger partial charge in [-0.2, -0.15) is 0 Å². The highest BCUT2D eigenvalue weighted by Gasteiger charge is 2.27. The van der Waals surface area contributed by atoms with Crippen molar-refractivity contribution in [3.8, 4) is 5.75 Å². The molecule has 1 aromatic heterocycles. The molecule has 30 heavy (non-hydrogen) atoms. The highest BCUT2D eigenvalue weighted by Crippen LogP contribution is 2.35. The normalized spacial score (nSPS) is 14.6. The Morgan fingerprint density at radius 1 is 1.00 bits per heavy atom. The van der Waals surface area contributed by atoms with Crippen molar-refractivity contribution in [1.82, 2.24) is 9.80 Å². The van der Waals surface area contributed by atoms with Crippen molar-refractivity contribution in [3.05, 3.63) is 64.8 Å². The van der Waals surface area contributed by atoms with E-state index in [4.69, 9.17) is 10.5 Å². The van der Waals surface area contributed by atoms with E-state index in [9.17, 15) is 14.0 Å². The first-order valence-corrected chi connectivity index (χ1v) is 10.6. The standard InChI is InChI=1S/C22H22FN3O3S/c23-17-8-4-9-18-19(17)16(14-29-15-6-2-1-3-7-15)20(30-18)21(27)25-10-5-11-26(13-12-25)22(24)28/h1-4,6-9H,5,10-14H2,(H2,24,28). The van der Waals surface area contributed by atoms with Crippen molar-refractivity contribution in [2.24, 2.45) is 5.73 Å². The van der Waals surface area contributed by atoms with E-state index in [1.165, 1.54) is 22.3 Å². The Bertz CT molecular complexity index is 1070. The number of halogens is 1. The van der Waals surface area contributed by atoms with E-state index in [2.05, 4.69) is 0 Å². The van der Waals surface area contributed by atoms with Crippen molar-refractivity contribution in [2.45, 2.75) is 13.0 Å². The number of thiophene rings is 1. The van der Waals surface area contributed by atoms with Gasteiger partial charge in [-0.25, -0.2) is 9.18 Å². The molecule has 2 heterocycles. The molecule has 156 valence electrons. The molecule has 1 aliphatic heterocycles. The summed E-state index contributed by atoms with van der Waals surface area (Å²) >= 11 is 1.27. The van der Waals surface area contributed by atoms with E-state index in [1.54, 1.807) is 11.0 Å². The summed E-state index contributed by atoms with van der Waals surface area (Å²) in [6.45, 7) is 1.89. The predicted octanol–water partition coefficient (Wildman–Crippen LogP) is 3.85. The second-order valence-electron chi connectivity index (χ2n) is 7.10. The zero-order valence-electron chi connectivity index (χ0n) is 16.3. The number of urea groups is 1. The second kappa shape index (κ2) is 8.71. The Labute approximate surface area is 177 Å². The van der Waals surface area contributed by atoms with Gasteiger partial charge in [0.05, 0.1) is 4.88 Å². The molecule has 0 radical (unpaired) electrons. The van der Waals surface area contributed by atoms with Gasteiger partial charge in [0.2, 0.25) is 0 Å². The van der Waals surface area contributed by atoms with Crippen molar-refractivity contribution in [1.29, 1.82) is 0 Å². The fourth-order valence-electron chi connectivity index (χ4n) is 3.63. The van der Waals surface area contributed by atoms with E-state index in [0.717, 1.165) is 0 Å². The quantitative estimate of drug-likeness (QED) is 0.687. The molecule has 1 aliphatic rings. The summed E-state index contributed by atoms with van der Waals surface area (Å²) in [4.78, 5) is 28.6. The van der Waals surface area contributed by atoms with Crippen LogP contribution in [0.25, 0.3) is 10.1 Å². The number of para-hydroxylation sites is 1. The number of ether oxygens (including phenoxy) is 1. The van der Waals surface area contributed by atoms with E-state index in [0.29, 0.717) is 58.9 Å². The van der Waals surface area contributed by atoms with Crippen LogP contribution < -0.4 is 10.5 Å². The molecule has 0 atom stereocenters. The number of carbonyl (C=O) groups is 2. The number of nitrogens with zero attached hydrogens (tertiary/aromatic N) is 2. The Morgan fingerprint density at radius 3 is 2.50 bits per heavy atom. The molecule has 0 spiro atoms. The average molecular weight is 428 g/mol. The Morgan fingerprint density at radius 2 is 1.73 bits per heavy atom. The van der Waals surface area contributed by atoms with Crippen LogP contribution in [-0.2, 0) is 6.61 Å². The molecule has 0 saturated carbocycles. The second-order valence-corrected chi connectivity index (χ2v) is 8.15. The lowest BCUT2D eigenvalue weighted by Gasteiger charge is -2.21. The van der Waals surface area contributed by atoms with Gasteiger partial charge in [-0.1, -0.05) is 24.3 Å². The Hall–Kier alpha value is -3.13. The highest BCUT2D eigenvalue weighted by atomic mass is 32.1. The first-order valence-electron chi connectivity index (χ1n) is 9.76. The number of rotatable bonds is 4. The van der Waals surface area contributed by atoms with Crippen LogP contribution in [0.3, 0.4) is 0 Å². The molecule has 8 heteroatoms. The topological polar surface area (TPSA) is 75.9 Å². The fourth-order valence-corrected chi connectivity index (χ4v) is 4.82. The number of amides is 3. The minimum absolute atomic E-state index is 0.0905. The monoisotopic (exact) mass is 427 g/mol. The number of fused-ring (bicyclic) bond motifs is 1. The zero-order chi connectivity index (χ0) is 21.1. The third kappa shape index (κ3) is 4.09. The van der Waals surface area contributed by atoms with Gasteiger partial charge < -0.3 is 20.3 Å². The molecule has 0 aliphatic carbocycles. The van der Waals surface area contributed by atoms with Crippen molar-refractivity contribution in [2.75, 3.05) is 26.2 Å². The van der Waals surface area contributed by atoms with Crippen LogP contribution in [0.1, 0.15) is 21.7 Å². The minimum Gasteiger partial charge on any atom is -0.489 e. The number of hydrogen-bond acceptors (Lipinski definition) is 4. The van der Waals surface area contributed by atoms with E-state index < -0.39 is 6.03 Å². The molecule has 2 N–H and O–H groups in total. The lowest BCUT2D eigenvalue weighted by molar-refractivity contribution is 0.0765. The van der Waals surface area contributed by atoms with Crippen molar-refractivity contribution >= 4 is 33.4 Å². The summed E-state index contributed by atoms with van der Waals surface area (Å²) in [5.74, 6) is 0.109. The summed E-state index contributed by atoms with van der Waals surface area (Å²) < 4.78 is 21.2. The van der Waals surface area contributed by atoms with E-state index >= 15 is 0 Å². The minimum atomic E-state index is -0.481. The molecule has 0 bridgehead atoms. The number of primary amides is 1. The van der Waals surface area contributed by atoms with E-state index in [1.807, 2.05) is 36.4 Å². The third-order valence-corrected chi connectivity index (χ3v) is 6.36. The molecule has 1 saturated heterocycles. The van der Waals surface area contributed by atoms with Gasteiger partial charge in [-0.05, 0) is 30.7 Å². The fraction of sp³-hybridized carbons (Fsp3) is 0.273. The van der Waals surface area contributed by atoms with Gasteiger partial charge in [0, 0.05) is 41.8 Å². The van der Waals surface area contributed by atoms with Crippen LogP contribution in [0.2, 0.25) is 0 Å². The number of hydrogen-bond donors (Lipinski definition) is 1. The van der Waals surface area contributed by atoms with Crippen LogP contribution in [0, 0.1) is 5.82 Å². The maximum Gasteiger partial charge on any atom is 0.314 e. The molecule has 4 rings (SSSR count). The van der Waals surface area contributed by atoms with Gasteiger partial charge >= 0.3 is 6.03 Å². The van der Waals surface area contributed by atoms with Crippen LogP contribution in [0.5, 0.6) is 5.75 Å². The molecule has 0 unspecified atom stereocenters. The van der Waals surface area contributed by atoms with Gasteiger partial charge in [0.25, 0.3) is 5.91 Å². The van der Waals surface area contributed by atoms with Crippen LogP contribution >= 0.6 is 11.3 Å². The zero-order valence-corrected chi connectivity index (χ0v) is 17.2. The predicted molar refractivity (Wildman–Crippen MR) is 114 cm³/mol. The summed E-state index contributed by atoms with van der Waals surface area (Å²) in [6, 6.07) is 13.6. The van der Waals surface area contributed by atoms with Gasteiger partial charge in [-0.3, -0.25) is 4.79 Å². The lowest BCUT2D eigenvalue weighted by atomic mass is 10.1. The average Bonchev–Trinajstić information content (AvgIpc) is 2.94. The first kappa shape index (κ1) is 20.2. The summed E-state index contributed by atoms with van der Waals surface area (Å²) in [7, 11) is 0. The first-order chi connectivity index (χ1) is 14.5. The SMILES string of the molecule is NC(=O)N1CCCN(C(=O)c2sc3cccc(F)c3c2COc2ccccc2)CC1. The van der Waals surface area contributed by atoms with E-state index in [-0.39, 0.29) is 18.3 Å². The largest absolute Gasteiger partial charge is 0.489 e. The van der Waals surface area contributed by atoms with Crippen molar-refractivity contribution < 1.29 is 18.7 Å². The summed E-state index contributed by atoms with van der Waals surface area (Å²) in [6.07, 6.45) is 0.643. The van der Waals surface area contributed by atoms with Crippen molar-refractivity contribution in [3.63, 3.8) is 0 Å². The Balaban J connectivity index is 1.65. The molecule has 3 amide bonds. The highest BCUT2D eigenvalue weighted by molar-refractivity contribution is 7.21. The number of benzene rings is 2. The Kier molecular flexibility index (Phi) is 5.85. The molecular weight excluding hydrogens is 405 g/mol.